The largest absolute Gasteiger partial charge is 0.462 e. The number of hydrogen-bond acceptors (Lipinski definition) is 6. The fourth-order valence-corrected chi connectivity index (χ4v) is 8.31. The number of carbonyl (C=O) groups is 3. The minimum absolute atomic E-state index is 0.0932. The smallest absolute Gasteiger partial charge is 0.306 e. The van der Waals surface area contributed by atoms with Gasteiger partial charge in [-0.1, -0.05) is 275 Å². The van der Waals surface area contributed by atoms with Crippen LogP contribution >= 0.6 is 0 Å². The molecule has 1 atom stereocenters. The highest BCUT2D eigenvalue weighted by Crippen LogP contribution is 2.14. The summed E-state index contributed by atoms with van der Waals surface area (Å²) in [7, 11) is 0. The average molecular weight is 1090 g/mol. The molecule has 0 radical (unpaired) electrons. The van der Waals surface area contributed by atoms with E-state index < -0.39 is 6.10 Å². The first-order valence-corrected chi connectivity index (χ1v) is 32.0. The van der Waals surface area contributed by atoms with E-state index in [-0.39, 0.29) is 31.1 Å². The second-order valence-corrected chi connectivity index (χ2v) is 20.6. The van der Waals surface area contributed by atoms with Gasteiger partial charge in [-0.05, 0) is 128 Å². The van der Waals surface area contributed by atoms with Crippen LogP contribution in [0.1, 0.15) is 265 Å². The van der Waals surface area contributed by atoms with Crippen LogP contribution < -0.4 is 0 Å². The summed E-state index contributed by atoms with van der Waals surface area (Å²) in [6, 6.07) is 0. The summed E-state index contributed by atoms with van der Waals surface area (Å²) in [4.78, 5) is 38.1. The fourth-order valence-electron chi connectivity index (χ4n) is 8.31. The number of unbranched alkanes of at least 4 members (excludes halogenated alkanes) is 19. The number of rotatable bonds is 56. The van der Waals surface area contributed by atoms with E-state index in [1.165, 1.54) is 57.8 Å². The molecule has 0 aliphatic rings. The van der Waals surface area contributed by atoms with Gasteiger partial charge in [0.05, 0.1) is 0 Å². The molecule has 444 valence electrons. The van der Waals surface area contributed by atoms with Crippen LogP contribution in [-0.4, -0.2) is 37.2 Å². The van der Waals surface area contributed by atoms with Gasteiger partial charge in [0.2, 0.25) is 0 Å². The Morgan fingerprint density at radius 2 is 0.494 bits per heavy atom. The Hall–Kier alpha value is -4.97. The third-order valence-corrected chi connectivity index (χ3v) is 13.0. The normalized spacial score (nSPS) is 13.2. The fraction of sp³-hybridized carbons (Fsp3) is 0.603. The van der Waals surface area contributed by atoms with Gasteiger partial charge in [0.25, 0.3) is 0 Å². The molecule has 1 unspecified atom stereocenters. The van der Waals surface area contributed by atoms with Gasteiger partial charge in [0, 0.05) is 19.3 Å². The van der Waals surface area contributed by atoms with Gasteiger partial charge in [0.1, 0.15) is 13.2 Å². The summed E-state index contributed by atoms with van der Waals surface area (Å²) < 4.78 is 16.8. The molecule has 0 aliphatic carbocycles. The lowest BCUT2D eigenvalue weighted by atomic mass is 10.1. The molecule has 6 heteroatoms. The molecule has 0 amide bonds. The van der Waals surface area contributed by atoms with Crippen LogP contribution in [0.3, 0.4) is 0 Å². The molecule has 0 heterocycles. The standard InChI is InChI=1S/C73H116O6/c1-4-7-10-13-16-18-20-22-24-26-28-30-31-32-33-34-35-36-37-38-39-40-41-43-44-46-48-50-52-54-57-60-63-66-72(75)78-69-70(68-77-71(74)65-62-59-56-15-12-9-6-3)79-73(76)67-64-61-58-55-53-51-49-47-45-42-29-27-25-23-21-19-17-14-11-8-5-2/h7-8,10-11,16-19,22-25,28-30,32-33,35-36,38-39,41-43,47,49,70H,4-6,9,12-15,20-21,26-27,31,34,37,40,44-46,48,50-69H2,1-3H3/b10-7-,11-8-,18-16-,19-17-,24-22-,25-23-,30-28-,33-32-,36-35-,39-38-,42-29-,43-41-,49-47-. The van der Waals surface area contributed by atoms with Crippen molar-refractivity contribution in [1.29, 1.82) is 0 Å². The van der Waals surface area contributed by atoms with Crippen molar-refractivity contribution in [2.75, 3.05) is 13.2 Å². The SMILES string of the molecule is CC/C=C\C/C=C\C/C=C\C/C=C\C/C=C\C/C=C\C/C=C\C/C=C\CCCCCCCCCCC(=O)OCC(COC(=O)CCCCCCCCC)OC(=O)CCCCCCC/C=C\C/C=C\C/C=C\C/C=C\C/C=C\CC. The van der Waals surface area contributed by atoms with Crippen molar-refractivity contribution in [3.8, 4) is 0 Å². The highest BCUT2D eigenvalue weighted by Gasteiger charge is 2.19. The molecule has 0 saturated carbocycles. The first-order chi connectivity index (χ1) is 39.0. The Kier molecular flexibility index (Phi) is 61.4. The van der Waals surface area contributed by atoms with Crippen LogP contribution in [0, 0.1) is 0 Å². The lowest BCUT2D eigenvalue weighted by Gasteiger charge is -2.18. The minimum atomic E-state index is -0.796. The second-order valence-electron chi connectivity index (χ2n) is 20.6. The predicted molar refractivity (Wildman–Crippen MR) is 343 cm³/mol. The van der Waals surface area contributed by atoms with Gasteiger partial charge in [-0.2, -0.15) is 0 Å². The van der Waals surface area contributed by atoms with Crippen LogP contribution in [0.2, 0.25) is 0 Å². The third kappa shape index (κ3) is 63.7. The first kappa shape index (κ1) is 74.0. The van der Waals surface area contributed by atoms with Crippen molar-refractivity contribution in [2.45, 2.75) is 271 Å². The molecule has 0 saturated heterocycles. The van der Waals surface area contributed by atoms with Crippen LogP contribution in [0.25, 0.3) is 0 Å². The van der Waals surface area contributed by atoms with Crippen LogP contribution in [0.5, 0.6) is 0 Å². The Morgan fingerprint density at radius 3 is 0.772 bits per heavy atom. The van der Waals surface area contributed by atoms with Crippen molar-refractivity contribution in [3.05, 3.63) is 158 Å². The predicted octanol–water partition coefficient (Wildman–Crippen LogP) is 22.1. The number of esters is 3. The van der Waals surface area contributed by atoms with Crippen LogP contribution in [0.4, 0.5) is 0 Å². The van der Waals surface area contributed by atoms with E-state index in [2.05, 4.69) is 179 Å². The number of carbonyl (C=O) groups excluding carboxylic acids is 3. The Morgan fingerprint density at radius 1 is 0.266 bits per heavy atom. The summed E-state index contributed by atoms with van der Waals surface area (Å²) in [5.41, 5.74) is 0. The zero-order valence-electron chi connectivity index (χ0n) is 50.8. The third-order valence-electron chi connectivity index (χ3n) is 13.0. The molecule has 0 fully saturated rings. The van der Waals surface area contributed by atoms with Gasteiger partial charge >= 0.3 is 17.9 Å². The maximum absolute atomic E-state index is 12.8. The zero-order chi connectivity index (χ0) is 57.1. The number of ether oxygens (including phenoxy) is 3. The van der Waals surface area contributed by atoms with Crippen LogP contribution in [-0.2, 0) is 28.6 Å². The molecule has 0 spiro atoms. The summed E-state index contributed by atoms with van der Waals surface area (Å²) >= 11 is 0. The van der Waals surface area contributed by atoms with Crippen molar-refractivity contribution in [2.24, 2.45) is 0 Å². The van der Waals surface area contributed by atoms with Crippen molar-refractivity contribution in [3.63, 3.8) is 0 Å². The van der Waals surface area contributed by atoms with E-state index in [1.54, 1.807) is 0 Å². The number of hydrogen-bond donors (Lipinski definition) is 0. The Balaban J connectivity index is 4.21. The molecule has 0 aromatic rings. The highest BCUT2D eigenvalue weighted by molar-refractivity contribution is 5.71. The minimum Gasteiger partial charge on any atom is -0.462 e. The molecule has 0 N–H and O–H groups in total. The Labute approximate surface area is 486 Å². The van der Waals surface area contributed by atoms with Crippen molar-refractivity contribution in [1.82, 2.24) is 0 Å². The van der Waals surface area contributed by atoms with Gasteiger partial charge in [0.15, 0.2) is 6.10 Å². The van der Waals surface area contributed by atoms with Gasteiger partial charge < -0.3 is 14.2 Å². The Bertz CT molecular complexity index is 1780. The topological polar surface area (TPSA) is 78.9 Å². The maximum Gasteiger partial charge on any atom is 0.306 e. The molecule has 6 nitrogen and oxygen atoms in total. The van der Waals surface area contributed by atoms with E-state index in [1.807, 2.05) is 0 Å². The highest BCUT2D eigenvalue weighted by atomic mass is 16.6. The van der Waals surface area contributed by atoms with Crippen molar-refractivity contribution >= 4 is 17.9 Å². The zero-order valence-corrected chi connectivity index (χ0v) is 50.8. The van der Waals surface area contributed by atoms with E-state index in [0.29, 0.717) is 19.3 Å². The average Bonchev–Trinajstić information content (AvgIpc) is 3.45. The quantitative estimate of drug-likeness (QED) is 0.0261. The van der Waals surface area contributed by atoms with E-state index in [0.717, 1.165) is 167 Å². The van der Waals surface area contributed by atoms with E-state index >= 15 is 0 Å². The monoisotopic (exact) mass is 1090 g/mol. The van der Waals surface area contributed by atoms with Gasteiger partial charge in [-0.15, -0.1) is 0 Å². The molecule has 0 rings (SSSR count). The van der Waals surface area contributed by atoms with E-state index in [9.17, 15) is 14.4 Å². The molecule has 0 aliphatic heterocycles. The van der Waals surface area contributed by atoms with E-state index in [4.69, 9.17) is 14.2 Å². The molecule has 0 aromatic carbocycles. The lowest BCUT2D eigenvalue weighted by molar-refractivity contribution is -0.167. The molecular weight excluding hydrogens is 973 g/mol. The molecular formula is C73H116O6. The molecule has 0 bridgehead atoms. The summed E-state index contributed by atoms with van der Waals surface area (Å²) in [5.74, 6) is -0.931. The maximum atomic E-state index is 12.8. The van der Waals surface area contributed by atoms with Crippen LogP contribution in [0.15, 0.2) is 158 Å². The summed E-state index contributed by atoms with van der Waals surface area (Å²) in [6.07, 6.45) is 95.5. The lowest BCUT2D eigenvalue weighted by Crippen LogP contribution is -2.30. The van der Waals surface area contributed by atoms with Gasteiger partial charge in [-0.25, -0.2) is 0 Å². The van der Waals surface area contributed by atoms with Gasteiger partial charge in [-0.3, -0.25) is 14.4 Å². The molecule has 0 aromatic heterocycles. The summed E-state index contributed by atoms with van der Waals surface area (Å²) in [5, 5.41) is 0. The first-order valence-electron chi connectivity index (χ1n) is 32.0. The number of allylic oxidation sites excluding steroid dienone is 26. The van der Waals surface area contributed by atoms with Crippen molar-refractivity contribution < 1.29 is 28.6 Å². The second kappa shape index (κ2) is 65.5. The molecule has 79 heavy (non-hydrogen) atoms. The summed E-state index contributed by atoms with van der Waals surface area (Å²) in [6.45, 7) is 6.34.